The number of halogens is 1. The van der Waals surface area contributed by atoms with E-state index in [2.05, 4.69) is 9.97 Å². The summed E-state index contributed by atoms with van der Waals surface area (Å²) in [6, 6.07) is 5.51. The van der Waals surface area contributed by atoms with Crippen LogP contribution in [0.25, 0.3) is 0 Å². The summed E-state index contributed by atoms with van der Waals surface area (Å²) in [5.41, 5.74) is 5.38. The van der Waals surface area contributed by atoms with Crippen molar-refractivity contribution in [1.82, 2.24) is 9.97 Å². The van der Waals surface area contributed by atoms with Crippen molar-refractivity contribution in [2.75, 3.05) is 5.73 Å². The van der Waals surface area contributed by atoms with Crippen LogP contribution in [0.15, 0.2) is 24.3 Å². The number of benzene rings is 1. The average Bonchev–Trinajstić information content (AvgIpc) is 2.40. The quantitative estimate of drug-likeness (QED) is 0.686. The van der Waals surface area contributed by atoms with E-state index >= 15 is 0 Å². The topological polar surface area (TPSA) is 104 Å². The minimum Gasteiger partial charge on any atom is -0.432 e. The van der Waals surface area contributed by atoms with Crippen molar-refractivity contribution in [2.24, 2.45) is 0 Å². The Labute approximate surface area is 119 Å². The van der Waals surface area contributed by atoms with Gasteiger partial charge in [0, 0.05) is 23.6 Å². The molecule has 0 amide bonds. The van der Waals surface area contributed by atoms with Crippen LogP contribution in [0.5, 0.6) is 11.6 Å². The highest BCUT2D eigenvalue weighted by atomic mass is 35.5. The molecule has 0 atom stereocenters. The summed E-state index contributed by atoms with van der Waals surface area (Å²) in [5.74, 6) is 0.930. The van der Waals surface area contributed by atoms with E-state index in [1.54, 1.807) is 0 Å². The van der Waals surface area contributed by atoms with Crippen LogP contribution in [0.4, 0.5) is 11.5 Å². The van der Waals surface area contributed by atoms with Gasteiger partial charge in [0.2, 0.25) is 11.6 Å². The molecular weight excluding hydrogens is 284 g/mol. The first-order valence-electron chi connectivity index (χ1n) is 5.75. The second-order valence-corrected chi connectivity index (χ2v) is 4.31. The molecular formula is C12H11ClN4O3. The van der Waals surface area contributed by atoms with Gasteiger partial charge in [-0.2, -0.15) is 4.98 Å². The van der Waals surface area contributed by atoms with E-state index in [9.17, 15) is 10.1 Å². The summed E-state index contributed by atoms with van der Waals surface area (Å²) in [7, 11) is 0. The van der Waals surface area contributed by atoms with Gasteiger partial charge in [0.25, 0.3) is 0 Å². The molecule has 0 radical (unpaired) electrons. The van der Waals surface area contributed by atoms with Gasteiger partial charge in [-0.3, -0.25) is 10.1 Å². The van der Waals surface area contributed by atoms with Crippen molar-refractivity contribution in [3.8, 4) is 11.6 Å². The van der Waals surface area contributed by atoms with Gasteiger partial charge in [-0.25, -0.2) is 4.98 Å². The minimum atomic E-state index is -0.577. The first-order chi connectivity index (χ1) is 9.49. The lowest BCUT2D eigenvalue weighted by molar-refractivity contribution is -0.385. The molecule has 104 valence electrons. The van der Waals surface area contributed by atoms with Crippen LogP contribution in [-0.2, 0) is 6.42 Å². The van der Waals surface area contributed by atoms with Crippen LogP contribution in [0.1, 0.15) is 12.7 Å². The SMILES string of the molecule is CCc1nc(N)cc(Oc2ccc(Cl)cc2[N+](=O)[O-])n1. The smallest absolute Gasteiger partial charge is 0.313 e. The number of aromatic nitrogens is 2. The fourth-order valence-corrected chi connectivity index (χ4v) is 1.70. The van der Waals surface area contributed by atoms with Crippen molar-refractivity contribution in [1.29, 1.82) is 0 Å². The minimum absolute atomic E-state index is 0.0413. The number of nitrogens with two attached hydrogens (primary N) is 1. The highest BCUT2D eigenvalue weighted by Gasteiger charge is 2.17. The van der Waals surface area contributed by atoms with Crippen molar-refractivity contribution in [3.63, 3.8) is 0 Å². The van der Waals surface area contributed by atoms with E-state index in [1.807, 2.05) is 6.92 Å². The van der Waals surface area contributed by atoms with Crippen LogP contribution in [0, 0.1) is 10.1 Å². The van der Waals surface area contributed by atoms with E-state index in [0.29, 0.717) is 12.2 Å². The van der Waals surface area contributed by atoms with Crippen LogP contribution >= 0.6 is 11.6 Å². The largest absolute Gasteiger partial charge is 0.432 e. The van der Waals surface area contributed by atoms with Gasteiger partial charge in [-0.15, -0.1) is 0 Å². The molecule has 7 nitrogen and oxygen atoms in total. The Morgan fingerprint density at radius 1 is 1.40 bits per heavy atom. The number of ether oxygens (including phenoxy) is 1. The summed E-state index contributed by atoms with van der Waals surface area (Å²) in [6.45, 7) is 1.86. The highest BCUT2D eigenvalue weighted by Crippen LogP contribution is 2.33. The third-order valence-corrected chi connectivity index (χ3v) is 2.65. The molecule has 0 aliphatic heterocycles. The second-order valence-electron chi connectivity index (χ2n) is 3.87. The normalized spacial score (nSPS) is 10.3. The van der Waals surface area contributed by atoms with Gasteiger partial charge in [0.05, 0.1) is 4.92 Å². The average molecular weight is 295 g/mol. The zero-order valence-electron chi connectivity index (χ0n) is 10.5. The molecule has 2 rings (SSSR count). The van der Waals surface area contributed by atoms with E-state index < -0.39 is 4.92 Å². The summed E-state index contributed by atoms with van der Waals surface area (Å²) in [4.78, 5) is 18.5. The number of hydrogen-bond acceptors (Lipinski definition) is 6. The maximum absolute atomic E-state index is 11.0. The lowest BCUT2D eigenvalue weighted by Gasteiger charge is -2.07. The molecule has 0 unspecified atom stereocenters. The van der Waals surface area contributed by atoms with Crippen LogP contribution < -0.4 is 10.5 Å². The van der Waals surface area contributed by atoms with Gasteiger partial charge in [0.1, 0.15) is 11.6 Å². The van der Waals surface area contributed by atoms with Crippen LogP contribution in [0.3, 0.4) is 0 Å². The Bertz CT molecular complexity index is 663. The van der Waals surface area contributed by atoms with E-state index in [0.717, 1.165) is 0 Å². The molecule has 0 bridgehead atoms. The fourth-order valence-electron chi connectivity index (χ4n) is 1.53. The predicted molar refractivity (Wildman–Crippen MR) is 74.0 cm³/mol. The molecule has 0 spiro atoms. The van der Waals surface area contributed by atoms with E-state index in [1.165, 1.54) is 24.3 Å². The zero-order valence-corrected chi connectivity index (χ0v) is 11.3. The first-order valence-corrected chi connectivity index (χ1v) is 6.12. The lowest BCUT2D eigenvalue weighted by atomic mass is 10.3. The molecule has 0 aliphatic carbocycles. The van der Waals surface area contributed by atoms with Gasteiger partial charge < -0.3 is 10.5 Å². The molecule has 2 N–H and O–H groups in total. The molecule has 2 aromatic rings. The predicted octanol–water partition coefficient (Wildman–Crippen LogP) is 2.98. The number of rotatable bonds is 4. The van der Waals surface area contributed by atoms with Crippen molar-refractivity contribution in [2.45, 2.75) is 13.3 Å². The van der Waals surface area contributed by atoms with Crippen molar-refractivity contribution >= 4 is 23.1 Å². The number of hydrogen-bond donors (Lipinski definition) is 1. The number of aryl methyl sites for hydroxylation is 1. The number of nitrogens with zero attached hydrogens (tertiary/aromatic N) is 3. The molecule has 0 saturated heterocycles. The molecule has 1 aromatic heterocycles. The molecule has 8 heteroatoms. The molecule has 0 aliphatic rings. The number of nitrogen functional groups attached to an aromatic ring is 1. The fraction of sp³-hybridized carbons (Fsp3) is 0.167. The Hall–Kier alpha value is -2.41. The Morgan fingerprint density at radius 2 is 2.15 bits per heavy atom. The monoisotopic (exact) mass is 294 g/mol. The van der Waals surface area contributed by atoms with Gasteiger partial charge >= 0.3 is 5.69 Å². The Morgan fingerprint density at radius 3 is 2.80 bits per heavy atom. The standard InChI is InChI=1S/C12H11ClN4O3/c1-2-11-15-10(14)6-12(16-11)20-9-4-3-7(13)5-8(9)17(18)19/h3-6H,2H2,1H3,(H2,14,15,16). The molecule has 0 fully saturated rings. The third kappa shape index (κ3) is 3.12. The number of anilines is 1. The van der Waals surface area contributed by atoms with Crippen LogP contribution in [-0.4, -0.2) is 14.9 Å². The summed E-state index contributed by atoms with van der Waals surface area (Å²) >= 11 is 5.73. The zero-order chi connectivity index (χ0) is 14.7. The summed E-state index contributed by atoms with van der Waals surface area (Å²) in [6.07, 6.45) is 0.574. The van der Waals surface area contributed by atoms with E-state index in [4.69, 9.17) is 22.1 Å². The molecule has 20 heavy (non-hydrogen) atoms. The Balaban J connectivity index is 2.39. The molecule has 0 saturated carbocycles. The maximum Gasteiger partial charge on any atom is 0.313 e. The summed E-state index contributed by atoms with van der Waals surface area (Å²) in [5, 5.41) is 11.2. The number of nitro groups is 1. The van der Waals surface area contributed by atoms with Gasteiger partial charge in [-0.1, -0.05) is 18.5 Å². The van der Waals surface area contributed by atoms with E-state index in [-0.39, 0.29) is 28.2 Å². The van der Waals surface area contributed by atoms with Gasteiger partial charge in [-0.05, 0) is 12.1 Å². The van der Waals surface area contributed by atoms with Crippen molar-refractivity contribution in [3.05, 3.63) is 45.2 Å². The summed E-state index contributed by atoms with van der Waals surface area (Å²) < 4.78 is 5.42. The number of nitro benzene ring substituents is 1. The van der Waals surface area contributed by atoms with Crippen LogP contribution in [0.2, 0.25) is 5.02 Å². The lowest BCUT2D eigenvalue weighted by Crippen LogP contribution is -2.01. The molecule has 1 heterocycles. The van der Waals surface area contributed by atoms with Gasteiger partial charge in [0.15, 0.2) is 0 Å². The highest BCUT2D eigenvalue weighted by molar-refractivity contribution is 6.30. The first kappa shape index (κ1) is 14.0. The molecule has 1 aromatic carbocycles. The van der Waals surface area contributed by atoms with Crippen molar-refractivity contribution < 1.29 is 9.66 Å². The second kappa shape index (κ2) is 5.70. The Kier molecular flexibility index (Phi) is 3.99. The third-order valence-electron chi connectivity index (χ3n) is 2.42. The maximum atomic E-state index is 11.0.